The van der Waals surface area contributed by atoms with Gasteiger partial charge in [0, 0.05) is 20.6 Å². The topological polar surface area (TPSA) is 92.0 Å². The van der Waals surface area contributed by atoms with Gasteiger partial charge in [0.05, 0.1) is 0 Å². The van der Waals surface area contributed by atoms with Gasteiger partial charge in [-0.25, -0.2) is 5.84 Å². The van der Waals surface area contributed by atoms with E-state index in [4.69, 9.17) is 5.84 Å². The first kappa shape index (κ1) is 15.4. The lowest BCUT2D eigenvalue weighted by molar-refractivity contribution is 0.269. The summed E-state index contributed by atoms with van der Waals surface area (Å²) in [5.41, 5.74) is 2.61. The predicted octanol–water partition coefficient (Wildman–Crippen LogP) is 1.32. The minimum Gasteiger partial charge on any atom is -0.353 e. The SMILES string of the molecule is CC(C)C(C)(C)CNc1nc(NN)nc(N(C)C)n1. The second-order valence-electron chi connectivity index (χ2n) is 5.82. The van der Waals surface area contributed by atoms with Crippen LogP contribution in [0.25, 0.3) is 0 Å². The molecule has 1 heterocycles. The molecule has 0 aliphatic carbocycles. The van der Waals surface area contributed by atoms with Crippen LogP contribution in [0, 0.1) is 11.3 Å². The Hall–Kier alpha value is -1.63. The Kier molecular flexibility index (Phi) is 4.88. The van der Waals surface area contributed by atoms with Gasteiger partial charge in [-0.05, 0) is 11.3 Å². The van der Waals surface area contributed by atoms with Crippen LogP contribution < -0.4 is 21.5 Å². The highest BCUT2D eigenvalue weighted by Gasteiger charge is 2.22. The molecule has 1 rings (SSSR count). The summed E-state index contributed by atoms with van der Waals surface area (Å²) in [6, 6.07) is 0. The third kappa shape index (κ3) is 4.20. The van der Waals surface area contributed by atoms with Gasteiger partial charge in [-0.15, -0.1) is 0 Å². The highest BCUT2D eigenvalue weighted by molar-refractivity contribution is 5.42. The molecular weight excluding hydrogens is 242 g/mol. The van der Waals surface area contributed by atoms with Crippen LogP contribution in [-0.4, -0.2) is 35.6 Å². The van der Waals surface area contributed by atoms with Crippen LogP contribution in [0.1, 0.15) is 27.7 Å². The first-order chi connectivity index (χ1) is 8.76. The summed E-state index contributed by atoms with van der Waals surface area (Å²) in [4.78, 5) is 14.5. The number of nitrogen functional groups attached to an aromatic ring is 1. The number of rotatable bonds is 6. The van der Waals surface area contributed by atoms with Crippen molar-refractivity contribution in [3.8, 4) is 0 Å². The van der Waals surface area contributed by atoms with E-state index in [1.807, 2.05) is 14.1 Å². The largest absolute Gasteiger partial charge is 0.353 e. The number of hydrogen-bond acceptors (Lipinski definition) is 7. The van der Waals surface area contributed by atoms with E-state index in [-0.39, 0.29) is 5.41 Å². The maximum absolute atomic E-state index is 5.37. The molecule has 0 saturated carbocycles. The Balaban J connectivity index is 2.86. The molecule has 0 radical (unpaired) electrons. The van der Waals surface area contributed by atoms with E-state index < -0.39 is 0 Å². The Labute approximate surface area is 115 Å². The third-order valence-corrected chi connectivity index (χ3v) is 3.42. The number of aromatic nitrogens is 3. The zero-order valence-electron chi connectivity index (χ0n) is 12.7. The van der Waals surface area contributed by atoms with E-state index >= 15 is 0 Å². The molecule has 1 aromatic heterocycles. The minimum absolute atomic E-state index is 0.154. The Morgan fingerprint density at radius 3 is 2.21 bits per heavy atom. The van der Waals surface area contributed by atoms with Crippen LogP contribution in [0.5, 0.6) is 0 Å². The van der Waals surface area contributed by atoms with Crippen molar-refractivity contribution in [1.82, 2.24) is 15.0 Å². The molecule has 0 aliphatic heterocycles. The van der Waals surface area contributed by atoms with Crippen molar-refractivity contribution in [3.05, 3.63) is 0 Å². The summed E-state index contributed by atoms with van der Waals surface area (Å²) in [6.07, 6.45) is 0. The van der Waals surface area contributed by atoms with Crippen LogP contribution in [0.3, 0.4) is 0 Å². The van der Waals surface area contributed by atoms with Gasteiger partial charge < -0.3 is 10.2 Å². The second kappa shape index (κ2) is 6.01. The van der Waals surface area contributed by atoms with Crippen molar-refractivity contribution >= 4 is 17.8 Å². The van der Waals surface area contributed by atoms with Crippen molar-refractivity contribution in [3.63, 3.8) is 0 Å². The lowest BCUT2D eigenvalue weighted by atomic mass is 9.81. The van der Waals surface area contributed by atoms with Gasteiger partial charge in [-0.2, -0.15) is 15.0 Å². The molecule has 0 fully saturated rings. The number of nitrogens with zero attached hydrogens (tertiary/aromatic N) is 4. The molecule has 19 heavy (non-hydrogen) atoms. The van der Waals surface area contributed by atoms with E-state index in [9.17, 15) is 0 Å². The molecule has 1 aromatic rings. The number of hydrazine groups is 1. The molecular formula is C12H25N7. The molecule has 4 N–H and O–H groups in total. The zero-order chi connectivity index (χ0) is 14.6. The quantitative estimate of drug-likeness (QED) is 0.528. The van der Waals surface area contributed by atoms with E-state index in [0.717, 1.165) is 6.54 Å². The maximum atomic E-state index is 5.37. The fraction of sp³-hybridized carbons (Fsp3) is 0.750. The molecule has 7 nitrogen and oxygen atoms in total. The van der Waals surface area contributed by atoms with Crippen molar-refractivity contribution in [1.29, 1.82) is 0 Å². The van der Waals surface area contributed by atoms with Gasteiger partial charge in [-0.3, -0.25) is 5.43 Å². The average molecular weight is 267 g/mol. The predicted molar refractivity (Wildman–Crippen MR) is 79.1 cm³/mol. The zero-order valence-corrected chi connectivity index (χ0v) is 12.7. The van der Waals surface area contributed by atoms with Gasteiger partial charge in [0.25, 0.3) is 0 Å². The summed E-state index contributed by atoms with van der Waals surface area (Å²) in [6.45, 7) is 9.60. The lowest BCUT2D eigenvalue weighted by Gasteiger charge is -2.29. The van der Waals surface area contributed by atoms with Crippen molar-refractivity contribution in [2.24, 2.45) is 17.2 Å². The van der Waals surface area contributed by atoms with Gasteiger partial charge in [0.2, 0.25) is 17.8 Å². The van der Waals surface area contributed by atoms with E-state index in [1.165, 1.54) is 0 Å². The van der Waals surface area contributed by atoms with Crippen LogP contribution in [0.15, 0.2) is 0 Å². The maximum Gasteiger partial charge on any atom is 0.243 e. The monoisotopic (exact) mass is 267 g/mol. The molecule has 0 bridgehead atoms. The Morgan fingerprint density at radius 2 is 1.74 bits per heavy atom. The number of hydrogen-bond donors (Lipinski definition) is 3. The Morgan fingerprint density at radius 1 is 1.16 bits per heavy atom. The van der Waals surface area contributed by atoms with E-state index in [0.29, 0.717) is 23.8 Å². The number of nitrogens with one attached hydrogen (secondary N) is 2. The Bertz CT molecular complexity index is 415. The lowest BCUT2D eigenvalue weighted by Crippen LogP contribution is -2.29. The molecule has 0 unspecified atom stereocenters. The summed E-state index contributed by atoms with van der Waals surface area (Å²) >= 11 is 0. The standard InChI is InChI=1S/C12H25N7/c1-8(2)12(3,4)7-14-9-15-10(18-13)17-11(16-9)19(5)6/h8H,7,13H2,1-6H3,(H2,14,15,16,17,18). The highest BCUT2D eigenvalue weighted by atomic mass is 15.4. The number of anilines is 3. The van der Waals surface area contributed by atoms with Crippen molar-refractivity contribution in [2.45, 2.75) is 27.7 Å². The molecule has 0 saturated heterocycles. The summed E-state index contributed by atoms with van der Waals surface area (Å²) in [5.74, 6) is 7.37. The first-order valence-electron chi connectivity index (χ1n) is 6.40. The second-order valence-corrected chi connectivity index (χ2v) is 5.82. The summed E-state index contributed by atoms with van der Waals surface area (Å²) < 4.78 is 0. The molecule has 0 aromatic carbocycles. The van der Waals surface area contributed by atoms with Crippen LogP contribution in [0.4, 0.5) is 17.8 Å². The average Bonchev–Trinajstić information content (AvgIpc) is 2.35. The molecule has 0 amide bonds. The molecule has 0 atom stereocenters. The molecule has 0 aliphatic rings. The molecule has 108 valence electrons. The van der Waals surface area contributed by atoms with E-state index in [2.05, 4.69) is 53.4 Å². The first-order valence-corrected chi connectivity index (χ1v) is 6.40. The minimum atomic E-state index is 0.154. The number of nitrogens with two attached hydrogens (primary N) is 1. The van der Waals surface area contributed by atoms with Crippen LogP contribution in [-0.2, 0) is 0 Å². The van der Waals surface area contributed by atoms with Gasteiger partial charge in [0.15, 0.2) is 0 Å². The fourth-order valence-corrected chi connectivity index (χ4v) is 1.22. The fourth-order valence-electron chi connectivity index (χ4n) is 1.22. The highest BCUT2D eigenvalue weighted by Crippen LogP contribution is 2.26. The van der Waals surface area contributed by atoms with Gasteiger partial charge >= 0.3 is 0 Å². The van der Waals surface area contributed by atoms with Crippen molar-refractivity contribution < 1.29 is 0 Å². The van der Waals surface area contributed by atoms with Gasteiger partial charge in [-0.1, -0.05) is 27.7 Å². The third-order valence-electron chi connectivity index (χ3n) is 3.42. The molecule has 7 heteroatoms. The molecule has 0 spiro atoms. The van der Waals surface area contributed by atoms with E-state index in [1.54, 1.807) is 4.90 Å². The summed E-state index contributed by atoms with van der Waals surface area (Å²) in [5, 5.41) is 3.25. The smallest absolute Gasteiger partial charge is 0.243 e. The van der Waals surface area contributed by atoms with Crippen LogP contribution in [0.2, 0.25) is 0 Å². The van der Waals surface area contributed by atoms with Crippen molar-refractivity contribution in [2.75, 3.05) is 36.3 Å². The van der Waals surface area contributed by atoms with Gasteiger partial charge in [0.1, 0.15) is 0 Å². The summed E-state index contributed by atoms with van der Waals surface area (Å²) in [7, 11) is 3.74. The normalized spacial score (nSPS) is 11.6. The van der Waals surface area contributed by atoms with Crippen LogP contribution >= 0.6 is 0 Å².